The Bertz CT molecular complexity index is 357. The van der Waals surface area contributed by atoms with Gasteiger partial charge in [-0.25, -0.2) is 0 Å². The van der Waals surface area contributed by atoms with Gasteiger partial charge in [-0.3, -0.25) is 0 Å². The highest BCUT2D eigenvalue weighted by molar-refractivity contribution is 5.32. The molecule has 100 valence electrons. The Balaban J connectivity index is 1.93. The molecular weight excluding hydrogens is 226 g/mol. The Kier molecular flexibility index (Phi) is 4.48. The summed E-state index contributed by atoms with van der Waals surface area (Å²) < 4.78 is 11.7. The number of benzene rings is 1. The standard InChI is InChI=1S/C15H23NO2/c1-2-12-17-13-4-6-14(7-5-13)18-15(10-11-16)8-3-9-15/h4-7H,2-3,8-12,16H2,1H3. The molecule has 1 fully saturated rings. The molecule has 18 heavy (non-hydrogen) atoms. The molecule has 0 aliphatic heterocycles. The average Bonchev–Trinajstić information content (AvgIpc) is 2.35. The van der Waals surface area contributed by atoms with E-state index in [1.165, 1.54) is 6.42 Å². The fraction of sp³-hybridized carbons (Fsp3) is 0.600. The quantitative estimate of drug-likeness (QED) is 0.807. The van der Waals surface area contributed by atoms with E-state index in [0.717, 1.165) is 43.8 Å². The molecular formula is C15H23NO2. The molecule has 3 nitrogen and oxygen atoms in total. The summed E-state index contributed by atoms with van der Waals surface area (Å²) in [5.41, 5.74) is 5.66. The topological polar surface area (TPSA) is 44.5 Å². The lowest BCUT2D eigenvalue weighted by molar-refractivity contribution is -0.0125. The monoisotopic (exact) mass is 249 g/mol. The van der Waals surface area contributed by atoms with Crippen LogP contribution in [0.25, 0.3) is 0 Å². The van der Waals surface area contributed by atoms with Crippen LogP contribution in [0.15, 0.2) is 24.3 Å². The van der Waals surface area contributed by atoms with Crippen molar-refractivity contribution < 1.29 is 9.47 Å². The van der Waals surface area contributed by atoms with Gasteiger partial charge in [0.15, 0.2) is 0 Å². The van der Waals surface area contributed by atoms with E-state index >= 15 is 0 Å². The molecule has 0 bridgehead atoms. The molecule has 0 atom stereocenters. The molecule has 2 rings (SSSR count). The maximum absolute atomic E-state index is 6.10. The van der Waals surface area contributed by atoms with Crippen molar-refractivity contribution in [3.8, 4) is 11.5 Å². The summed E-state index contributed by atoms with van der Waals surface area (Å²) in [6.07, 6.45) is 5.47. The van der Waals surface area contributed by atoms with E-state index < -0.39 is 0 Å². The number of hydrogen-bond donors (Lipinski definition) is 1. The summed E-state index contributed by atoms with van der Waals surface area (Å²) in [7, 11) is 0. The van der Waals surface area contributed by atoms with Gasteiger partial charge >= 0.3 is 0 Å². The van der Waals surface area contributed by atoms with Crippen LogP contribution in [0, 0.1) is 0 Å². The van der Waals surface area contributed by atoms with Crippen molar-refractivity contribution in [2.75, 3.05) is 13.2 Å². The molecule has 2 N–H and O–H groups in total. The lowest BCUT2D eigenvalue weighted by Gasteiger charge is -2.41. The lowest BCUT2D eigenvalue weighted by Crippen LogP contribution is -2.44. The summed E-state index contributed by atoms with van der Waals surface area (Å²) in [5.74, 6) is 1.83. The molecule has 1 aromatic rings. The van der Waals surface area contributed by atoms with Crippen LogP contribution in [0.2, 0.25) is 0 Å². The van der Waals surface area contributed by atoms with Gasteiger partial charge in [-0.1, -0.05) is 6.92 Å². The highest BCUT2D eigenvalue weighted by Crippen LogP contribution is 2.39. The maximum atomic E-state index is 6.10. The molecule has 1 saturated carbocycles. The van der Waals surface area contributed by atoms with Gasteiger partial charge in [-0.2, -0.15) is 0 Å². The van der Waals surface area contributed by atoms with Gasteiger partial charge in [0.1, 0.15) is 17.1 Å². The van der Waals surface area contributed by atoms with E-state index in [9.17, 15) is 0 Å². The van der Waals surface area contributed by atoms with Gasteiger partial charge in [0.25, 0.3) is 0 Å². The average molecular weight is 249 g/mol. The van der Waals surface area contributed by atoms with Gasteiger partial charge < -0.3 is 15.2 Å². The molecule has 0 saturated heterocycles. The van der Waals surface area contributed by atoms with Crippen molar-refractivity contribution in [3.63, 3.8) is 0 Å². The molecule has 0 spiro atoms. The molecule has 0 aromatic heterocycles. The largest absolute Gasteiger partial charge is 0.494 e. The van der Waals surface area contributed by atoms with Crippen molar-refractivity contribution in [1.82, 2.24) is 0 Å². The van der Waals surface area contributed by atoms with Crippen LogP contribution >= 0.6 is 0 Å². The van der Waals surface area contributed by atoms with Crippen LogP contribution < -0.4 is 15.2 Å². The van der Waals surface area contributed by atoms with Crippen LogP contribution in [-0.2, 0) is 0 Å². The Morgan fingerprint density at radius 3 is 2.33 bits per heavy atom. The molecule has 1 aliphatic carbocycles. The van der Waals surface area contributed by atoms with Gasteiger partial charge in [0.2, 0.25) is 0 Å². The second kappa shape index (κ2) is 6.10. The highest BCUT2D eigenvalue weighted by Gasteiger charge is 2.38. The first-order chi connectivity index (χ1) is 8.78. The van der Waals surface area contributed by atoms with Crippen molar-refractivity contribution >= 4 is 0 Å². The maximum Gasteiger partial charge on any atom is 0.120 e. The third kappa shape index (κ3) is 3.16. The molecule has 0 amide bonds. The predicted octanol–water partition coefficient (Wildman–Crippen LogP) is 3.13. The first-order valence-electron chi connectivity index (χ1n) is 6.90. The minimum Gasteiger partial charge on any atom is -0.494 e. The highest BCUT2D eigenvalue weighted by atomic mass is 16.5. The Morgan fingerprint density at radius 1 is 1.17 bits per heavy atom. The fourth-order valence-corrected chi connectivity index (χ4v) is 2.31. The van der Waals surface area contributed by atoms with Gasteiger partial charge in [0.05, 0.1) is 6.61 Å². The molecule has 1 aliphatic rings. The second-order valence-electron chi connectivity index (χ2n) is 5.00. The summed E-state index contributed by atoms with van der Waals surface area (Å²) in [4.78, 5) is 0. The number of rotatable bonds is 7. The second-order valence-corrected chi connectivity index (χ2v) is 5.00. The summed E-state index contributed by atoms with van der Waals surface area (Å²) in [6.45, 7) is 3.56. The van der Waals surface area contributed by atoms with Crippen molar-refractivity contribution in [3.05, 3.63) is 24.3 Å². The molecule has 3 heteroatoms. The number of nitrogens with two attached hydrogens (primary N) is 1. The van der Waals surface area contributed by atoms with Crippen molar-refractivity contribution in [2.24, 2.45) is 5.73 Å². The normalized spacial score (nSPS) is 17.0. The Morgan fingerprint density at radius 2 is 1.83 bits per heavy atom. The van der Waals surface area contributed by atoms with E-state index in [1.54, 1.807) is 0 Å². The van der Waals surface area contributed by atoms with E-state index in [2.05, 4.69) is 6.92 Å². The van der Waals surface area contributed by atoms with Gasteiger partial charge in [-0.15, -0.1) is 0 Å². The third-order valence-electron chi connectivity index (χ3n) is 3.50. The summed E-state index contributed by atoms with van der Waals surface area (Å²) in [5, 5.41) is 0. The van der Waals surface area contributed by atoms with E-state index in [1.807, 2.05) is 24.3 Å². The van der Waals surface area contributed by atoms with E-state index in [4.69, 9.17) is 15.2 Å². The SMILES string of the molecule is CCCOc1ccc(OC2(CCN)CCC2)cc1. The van der Waals surface area contributed by atoms with Crippen LogP contribution in [0.3, 0.4) is 0 Å². The fourth-order valence-electron chi connectivity index (χ4n) is 2.31. The van der Waals surface area contributed by atoms with Crippen LogP contribution in [0.5, 0.6) is 11.5 Å². The van der Waals surface area contributed by atoms with Crippen molar-refractivity contribution in [1.29, 1.82) is 0 Å². The first-order valence-corrected chi connectivity index (χ1v) is 6.90. The van der Waals surface area contributed by atoms with Crippen LogP contribution in [-0.4, -0.2) is 18.8 Å². The van der Waals surface area contributed by atoms with E-state index in [-0.39, 0.29) is 5.60 Å². The van der Waals surface area contributed by atoms with Gasteiger partial charge in [-0.05, 0) is 62.9 Å². The minimum atomic E-state index is 0.000538. The Hall–Kier alpha value is -1.22. The smallest absolute Gasteiger partial charge is 0.120 e. The van der Waals surface area contributed by atoms with Crippen LogP contribution in [0.1, 0.15) is 39.0 Å². The zero-order valence-electron chi connectivity index (χ0n) is 11.2. The van der Waals surface area contributed by atoms with E-state index in [0.29, 0.717) is 6.54 Å². The molecule has 0 unspecified atom stereocenters. The lowest BCUT2D eigenvalue weighted by atomic mass is 9.77. The number of ether oxygens (including phenoxy) is 2. The van der Waals surface area contributed by atoms with Crippen molar-refractivity contribution in [2.45, 2.75) is 44.6 Å². The minimum absolute atomic E-state index is 0.000538. The Labute approximate surface area is 109 Å². The molecule has 1 aromatic carbocycles. The first kappa shape index (κ1) is 13.2. The molecule has 0 heterocycles. The number of hydrogen-bond acceptors (Lipinski definition) is 3. The zero-order valence-corrected chi connectivity index (χ0v) is 11.2. The third-order valence-corrected chi connectivity index (χ3v) is 3.50. The van der Waals surface area contributed by atoms with Crippen LogP contribution in [0.4, 0.5) is 0 Å². The zero-order chi connectivity index (χ0) is 12.8. The predicted molar refractivity (Wildman–Crippen MR) is 73.1 cm³/mol. The summed E-state index contributed by atoms with van der Waals surface area (Å²) in [6, 6.07) is 7.92. The molecule has 0 radical (unpaired) electrons. The summed E-state index contributed by atoms with van der Waals surface area (Å²) >= 11 is 0. The van der Waals surface area contributed by atoms with Gasteiger partial charge in [0, 0.05) is 0 Å².